The number of nitro benzene ring substituents is 1. The summed E-state index contributed by atoms with van der Waals surface area (Å²) in [7, 11) is 1.71. The third kappa shape index (κ3) is 2.66. The van der Waals surface area contributed by atoms with E-state index in [1.807, 2.05) is 6.07 Å². The maximum absolute atomic E-state index is 10.9. The number of fused-ring (bicyclic) bond motifs is 1. The fraction of sp³-hybridized carbons (Fsp3) is 0.143. The van der Waals surface area contributed by atoms with E-state index < -0.39 is 4.92 Å². The summed E-state index contributed by atoms with van der Waals surface area (Å²) in [6, 6.07) is 10.2. The highest BCUT2D eigenvalue weighted by molar-refractivity contribution is 5.70. The van der Waals surface area contributed by atoms with Gasteiger partial charge in [0, 0.05) is 42.3 Å². The van der Waals surface area contributed by atoms with Crippen LogP contribution in [0.3, 0.4) is 0 Å². The number of benzene rings is 2. The molecule has 0 bridgehead atoms. The molecule has 0 fully saturated rings. The molecule has 0 aliphatic carbocycles. The van der Waals surface area contributed by atoms with Gasteiger partial charge in [0.15, 0.2) is 11.5 Å². The Morgan fingerprint density at radius 3 is 2.57 bits per heavy atom. The van der Waals surface area contributed by atoms with Crippen LogP contribution >= 0.6 is 0 Å². The molecule has 0 saturated heterocycles. The maximum atomic E-state index is 10.9. The Morgan fingerprint density at radius 1 is 1.05 bits per heavy atom. The Labute approximate surface area is 120 Å². The predicted molar refractivity (Wildman–Crippen MR) is 78.5 cm³/mol. The minimum Gasteiger partial charge on any atom is -0.454 e. The molecular weight excluding hydrogens is 274 g/mol. The second-order valence-corrected chi connectivity index (χ2v) is 4.47. The number of rotatable bonds is 4. The van der Waals surface area contributed by atoms with Crippen LogP contribution < -0.4 is 20.1 Å². The van der Waals surface area contributed by atoms with Crippen LogP contribution in [0.2, 0.25) is 0 Å². The summed E-state index contributed by atoms with van der Waals surface area (Å²) in [5.74, 6) is 1.34. The highest BCUT2D eigenvalue weighted by Gasteiger charge is 2.14. The summed E-state index contributed by atoms with van der Waals surface area (Å²) in [5.41, 5.74) is 2.06. The van der Waals surface area contributed by atoms with Crippen LogP contribution in [0.25, 0.3) is 0 Å². The molecule has 108 valence electrons. The van der Waals surface area contributed by atoms with Crippen LogP contribution in [0.4, 0.5) is 22.7 Å². The second-order valence-electron chi connectivity index (χ2n) is 4.47. The van der Waals surface area contributed by atoms with E-state index in [4.69, 9.17) is 9.47 Å². The van der Waals surface area contributed by atoms with E-state index in [2.05, 4.69) is 10.6 Å². The molecule has 0 saturated carbocycles. The van der Waals surface area contributed by atoms with Gasteiger partial charge in [-0.15, -0.1) is 0 Å². The first kappa shape index (κ1) is 13.0. The van der Waals surface area contributed by atoms with Crippen LogP contribution in [0.5, 0.6) is 11.5 Å². The SMILES string of the molecule is CNc1cc(Nc2ccc3c(c2)OCO3)cc([N+](=O)[O-])c1. The molecule has 2 aromatic carbocycles. The highest BCUT2D eigenvalue weighted by atomic mass is 16.7. The molecule has 0 radical (unpaired) electrons. The first-order valence-corrected chi connectivity index (χ1v) is 6.29. The lowest BCUT2D eigenvalue weighted by molar-refractivity contribution is -0.384. The fourth-order valence-corrected chi connectivity index (χ4v) is 2.07. The quantitative estimate of drug-likeness (QED) is 0.664. The number of nitrogens with one attached hydrogen (secondary N) is 2. The minimum absolute atomic E-state index is 0.0186. The number of hydrogen-bond donors (Lipinski definition) is 2. The molecule has 1 aliphatic heterocycles. The van der Waals surface area contributed by atoms with Gasteiger partial charge in [0.25, 0.3) is 5.69 Å². The molecule has 2 N–H and O–H groups in total. The molecule has 0 atom stereocenters. The Balaban J connectivity index is 1.90. The zero-order valence-corrected chi connectivity index (χ0v) is 11.3. The summed E-state index contributed by atoms with van der Waals surface area (Å²) < 4.78 is 10.5. The van der Waals surface area contributed by atoms with Crippen molar-refractivity contribution in [2.45, 2.75) is 0 Å². The molecular formula is C14H13N3O4. The van der Waals surface area contributed by atoms with Gasteiger partial charge in [-0.25, -0.2) is 0 Å². The van der Waals surface area contributed by atoms with Crippen LogP contribution in [-0.2, 0) is 0 Å². The van der Waals surface area contributed by atoms with E-state index in [0.29, 0.717) is 22.9 Å². The lowest BCUT2D eigenvalue weighted by Crippen LogP contribution is -1.96. The van der Waals surface area contributed by atoms with Crippen molar-refractivity contribution in [1.82, 2.24) is 0 Å². The minimum atomic E-state index is -0.425. The zero-order chi connectivity index (χ0) is 14.8. The number of anilines is 3. The summed E-state index contributed by atoms with van der Waals surface area (Å²) >= 11 is 0. The van der Waals surface area contributed by atoms with Gasteiger partial charge in [0.05, 0.1) is 4.92 Å². The van der Waals surface area contributed by atoms with Gasteiger partial charge < -0.3 is 20.1 Å². The summed E-state index contributed by atoms with van der Waals surface area (Å²) in [5, 5.41) is 17.0. The standard InChI is InChI=1S/C14H13N3O4/c1-15-10-4-11(6-12(5-10)17(18)19)16-9-2-3-13-14(7-9)21-8-20-13/h2-7,15-16H,8H2,1H3. The maximum Gasteiger partial charge on any atom is 0.273 e. The van der Waals surface area contributed by atoms with E-state index in [0.717, 1.165) is 5.69 Å². The third-order valence-electron chi connectivity index (χ3n) is 3.08. The molecule has 1 heterocycles. The molecule has 21 heavy (non-hydrogen) atoms. The molecule has 3 rings (SSSR count). The number of nitro groups is 1. The van der Waals surface area contributed by atoms with Crippen molar-refractivity contribution >= 4 is 22.7 Å². The van der Waals surface area contributed by atoms with E-state index >= 15 is 0 Å². The van der Waals surface area contributed by atoms with Crippen LogP contribution in [0.1, 0.15) is 0 Å². The topological polar surface area (TPSA) is 85.7 Å². The van der Waals surface area contributed by atoms with Gasteiger partial charge in [-0.1, -0.05) is 0 Å². The highest BCUT2D eigenvalue weighted by Crippen LogP contribution is 2.35. The second kappa shape index (κ2) is 5.20. The molecule has 7 nitrogen and oxygen atoms in total. The van der Waals surface area contributed by atoms with Gasteiger partial charge in [0.1, 0.15) is 0 Å². The number of hydrogen-bond acceptors (Lipinski definition) is 6. The monoisotopic (exact) mass is 287 g/mol. The van der Waals surface area contributed by atoms with Crippen molar-refractivity contribution in [1.29, 1.82) is 0 Å². The van der Waals surface area contributed by atoms with Crippen molar-refractivity contribution in [3.63, 3.8) is 0 Å². The van der Waals surface area contributed by atoms with Gasteiger partial charge in [0.2, 0.25) is 6.79 Å². The first-order valence-electron chi connectivity index (χ1n) is 6.29. The number of non-ortho nitro benzene ring substituents is 1. The fourth-order valence-electron chi connectivity index (χ4n) is 2.07. The Bertz CT molecular complexity index is 703. The van der Waals surface area contributed by atoms with Crippen molar-refractivity contribution in [3.8, 4) is 11.5 Å². The van der Waals surface area contributed by atoms with Crippen LogP contribution in [-0.4, -0.2) is 18.8 Å². The van der Waals surface area contributed by atoms with Crippen molar-refractivity contribution in [3.05, 3.63) is 46.5 Å². The molecule has 0 spiro atoms. The average molecular weight is 287 g/mol. The summed E-state index contributed by atoms with van der Waals surface area (Å²) in [4.78, 5) is 10.5. The molecule has 7 heteroatoms. The van der Waals surface area contributed by atoms with Gasteiger partial charge in [-0.05, 0) is 18.2 Å². The van der Waals surface area contributed by atoms with Gasteiger partial charge >= 0.3 is 0 Å². The van der Waals surface area contributed by atoms with Crippen LogP contribution in [0, 0.1) is 10.1 Å². The van der Waals surface area contributed by atoms with Crippen molar-refractivity contribution in [2.24, 2.45) is 0 Å². The summed E-state index contributed by atoms with van der Waals surface area (Å²) in [6.45, 7) is 0.208. The summed E-state index contributed by atoms with van der Waals surface area (Å²) in [6.07, 6.45) is 0. The van der Waals surface area contributed by atoms with E-state index in [1.165, 1.54) is 12.1 Å². The van der Waals surface area contributed by atoms with E-state index in [-0.39, 0.29) is 12.5 Å². The lowest BCUT2D eigenvalue weighted by Gasteiger charge is -2.09. The molecule has 2 aromatic rings. The average Bonchev–Trinajstić information content (AvgIpc) is 2.94. The van der Waals surface area contributed by atoms with Crippen molar-refractivity contribution in [2.75, 3.05) is 24.5 Å². The lowest BCUT2D eigenvalue weighted by atomic mass is 10.2. The zero-order valence-electron chi connectivity index (χ0n) is 11.3. The largest absolute Gasteiger partial charge is 0.454 e. The number of ether oxygens (including phenoxy) is 2. The third-order valence-corrected chi connectivity index (χ3v) is 3.08. The van der Waals surface area contributed by atoms with Crippen LogP contribution in [0.15, 0.2) is 36.4 Å². The Kier molecular flexibility index (Phi) is 3.23. The number of nitrogens with zero attached hydrogens (tertiary/aromatic N) is 1. The van der Waals surface area contributed by atoms with E-state index in [9.17, 15) is 10.1 Å². The van der Waals surface area contributed by atoms with E-state index in [1.54, 1.807) is 25.2 Å². The predicted octanol–water partition coefficient (Wildman–Crippen LogP) is 3.11. The smallest absolute Gasteiger partial charge is 0.273 e. The Morgan fingerprint density at radius 2 is 1.81 bits per heavy atom. The molecule has 0 amide bonds. The first-order chi connectivity index (χ1) is 10.2. The van der Waals surface area contributed by atoms with Crippen molar-refractivity contribution < 1.29 is 14.4 Å². The van der Waals surface area contributed by atoms with Gasteiger partial charge in [-0.3, -0.25) is 10.1 Å². The normalized spacial score (nSPS) is 12.0. The molecule has 0 aromatic heterocycles. The Hall–Kier alpha value is -2.96. The van der Waals surface area contributed by atoms with Gasteiger partial charge in [-0.2, -0.15) is 0 Å². The molecule has 0 unspecified atom stereocenters. The molecule has 1 aliphatic rings.